The maximum atomic E-state index is 10.5. The van der Waals surface area contributed by atoms with Gasteiger partial charge in [-0.15, -0.1) is 0 Å². The minimum absolute atomic E-state index is 0.0291. The van der Waals surface area contributed by atoms with Crippen molar-refractivity contribution in [3.05, 3.63) is 84.3 Å². The zero-order valence-corrected chi connectivity index (χ0v) is 21.6. The Hall–Kier alpha value is -3.92. The van der Waals surface area contributed by atoms with E-state index >= 15 is 0 Å². The molecule has 1 fully saturated rings. The first-order valence-electron chi connectivity index (χ1n) is 12.5. The molecule has 0 bridgehead atoms. The summed E-state index contributed by atoms with van der Waals surface area (Å²) in [4.78, 5) is 10.6. The van der Waals surface area contributed by atoms with Crippen molar-refractivity contribution < 1.29 is 14.6 Å². The van der Waals surface area contributed by atoms with Gasteiger partial charge in [0, 0.05) is 41.5 Å². The normalized spacial score (nSPS) is 18.0. The van der Waals surface area contributed by atoms with E-state index in [1.54, 1.807) is 21.0 Å². The zero-order valence-electron chi connectivity index (χ0n) is 21.6. The summed E-state index contributed by atoms with van der Waals surface area (Å²) in [5.74, 6) is 0.777. The number of para-hydroxylation sites is 1. The molecule has 1 aliphatic heterocycles. The van der Waals surface area contributed by atoms with Gasteiger partial charge in [-0.3, -0.25) is 4.98 Å². The lowest BCUT2D eigenvalue weighted by molar-refractivity contribution is -0.120. The third-order valence-electron chi connectivity index (χ3n) is 6.95. The number of fused-ring (bicyclic) bond motifs is 1. The molecule has 1 saturated heterocycles. The number of morpholine rings is 1. The van der Waals surface area contributed by atoms with Crippen LogP contribution in [0, 0.1) is 6.57 Å². The van der Waals surface area contributed by atoms with Crippen LogP contribution >= 0.6 is 0 Å². The highest BCUT2D eigenvalue weighted by Gasteiger charge is 2.35. The maximum Gasteiger partial charge on any atom is 0.187 e. The summed E-state index contributed by atoms with van der Waals surface area (Å²) in [5.41, 5.74) is 5.60. The number of pyridine rings is 1. The van der Waals surface area contributed by atoms with Crippen LogP contribution in [-0.2, 0) is 4.74 Å². The Balaban J connectivity index is 1.49. The molecule has 1 aliphatic rings. The number of methoxy groups -OCH3 is 1. The first-order valence-corrected chi connectivity index (χ1v) is 12.5. The van der Waals surface area contributed by atoms with Crippen LogP contribution in [-0.4, -0.2) is 48.1 Å². The molecule has 0 saturated carbocycles. The number of anilines is 1. The molecule has 0 spiro atoms. The Morgan fingerprint density at radius 3 is 2.32 bits per heavy atom. The van der Waals surface area contributed by atoms with E-state index in [0.29, 0.717) is 12.2 Å². The topological polar surface area (TPSA) is 59.2 Å². The van der Waals surface area contributed by atoms with Crippen LogP contribution in [0.5, 0.6) is 5.75 Å². The number of benzene rings is 3. The average Bonchev–Trinajstić information content (AvgIpc) is 2.91. The molecule has 0 amide bonds. The van der Waals surface area contributed by atoms with Gasteiger partial charge in [0.1, 0.15) is 11.9 Å². The number of rotatable bonds is 5. The highest BCUT2D eigenvalue weighted by molar-refractivity contribution is 6.00. The molecule has 5 rings (SSSR count). The van der Waals surface area contributed by atoms with Crippen LogP contribution in [0.2, 0.25) is 0 Å². The Labute approximate surface area is 217 Å². The summed E-state index contributed by atoms with van der Waals surface area (Å²) in [6, 6.07) is 22.0. The van der Waals surface area contributed by atoms with Crippen LogP contribution < -0.4 is 9.64 Å². The third kappa shape index (κ3) is 4.89. The fourth-order valence-corrected chi connectivity index (χ4v) is 4.98. The van der Waals surface area contributed by atoms with Crippen molar-refractivity contribution in [2.45, 2.75) is 38.6 Å². The second kappa shape index (κ2) is 9.85. The predicted octanol–water partition coefficient (Wildman–Crippen LogP) is 6.49. The van der Waals surface area contributed by atoms with Gasteiger partial charge in [-0.2, -0.15) is 0 Å². The van der Waals surface area contributed by atoms with Gasteiger partial charge in [0.2, 0.25) is 0 Å². The number of aliphatic hydroxyl groups is 1. The van der Waals surface area contributed by atoms with Crippen LogP contribution in [0.1, 0.15) is 20.8 Å². The standard InChI is InChI=1S/C31H31N3O3/c1-20-18-34(19-28(37-20)31(2,3)35)24-15-11-22(12-16-24)27-17-33-29-25(7-6-8-26(29)30(27)36-5)21-9-13-23(32-4)14-10-21/h6-17,20,28,35H,18-19H2,1-3,5H3/t20-,28-/m0/s1. The fraction of sp³-hybridized carbons (Fsp3) is 0.290. The lowest BCUT2D eigenvalue weighted by Crippen LogP contribution is -2.54. The van der Waals surface area contributed by atoms with Crippen LogP contribution in [0.3, 0.4) is 0 Å². The average molecular weight is 494 g/mol. The van der Waals surface area contributed by atoms with Crippen molar-refractivity contribution in [2.24, 2.45) is 0 Å². The lowest BCUT2D eigenvalue weighted by Gasteiger charge is -2.42. The van der Waals surface area contributed by atoms with Crippen molar-refractivity contribution in [1.29, 1.82) is 0 Å². The maximum absolute atomic E-state index is 10.5. The third-order valence-corrected chi connectivity index (χ3v) is 6.95. The number of hydrogen-bond donors (Lipinski definition) is 1. The molecule has 37 heavy (non-hydrogen) atoms. The van der Waals surface area contributed by atoms with E-state index in [2.05, 4.69) is 34.0 Å². The number of hydrogen-bond acceptors (Lipinski definition) is 5. The molecule has 6 nitrogen and oxygen atoms in total. The molecule has 1 N–H and O–H groups in total. The second-order valence-electron chi connectivity index (χ2n) is 10.1. The van der Waals surface area contributed by atoms with Gasteiger partial charge < -0.3 is 19.5 Å². The lowest BCUT2D eigenvalue weighted by atomic mass is 9.97. The van der Waals surface area contributed by atoms with Crippen molar-refractivity contribution in [1.82, 2.24) is 4.98 Å². The summed E-state index contributed by atoms with van der Waals surface area (Å²) in [6.07, 6.45) is 1.64. The summed E-state index contributed by atoms with van der Waals surface area (Å²) in [5, 5.41) is 11.4. The highest BCUT2D eigenvalue weighted by atomic mass is 16.5. The van der Waals surface area contributed by atoms with Gasteiger partial charge in [-0.05, 0) is 50.1 Å². The molecule has 0 aliphatic carbocycles. The predicted molar refractivity (Wildman–Crippen MR) is 148 cm³/mol. The Morgan fingerprint density at radius 1 is 1.00 bits per heavy atom. The monoisotopic (exact) mass is 493 g/mol. The van der Waals surface area contributed by atoms with E-state index in [-0.39, 0.29) is 12.2 Å². The minimum atomic E-state index is -0.908. The molecule has 0 radical (unpaired) electrons. The van der Waals surface area contributed by atoms with E-state index in [0.717, 1.165) is 51.1 Å². The number of nitrogens with zero attached hydrogens (tertiary/aromatic N) is 3. The SMILES string of the molecule is [C-]#[N+]c1ccc(-c2cccc3c(OC)c(-c4ccc(N5C[C@@H](C(C)(C)O)O[C@@H](C)C5)cc4)cnc23)cc1. The van der Waals surface area contributed by atoms with E-state index in [9.17, 15) is 5.11 Å². The van der Waals surface area contributed by atoms with E-state index in [4.69, 9.17) is 21.0 Å². The molecule has 0 unspecified atom stereocenters. The molecule has 2 atom stereocenters. The molecular formula is C31H31N3O3. The van der Waals surface area contributed by atoms with Crippen LogP contribution in [0.4, 0.5) is 11.4 Å². The summed E-state index contributed by atoms with van der Waals surface area (Å²) in [7, 11) is 1.69. The van der Waals surface area contributed by atoms with Crippen molar-refractivity contribution in [3.8, 4) is 28.0 Å². The Kier molecular flexibility index (Phi) is 6.59. The van der Waals surface area contributed by atoms with Gasteiger partial charge in [-0.1, -0.05) is 48.5 Å². The van der Waals surface area contributed by atoms with Crippen LogP contribution in [0.25, 0.3) is 38.0 Å². The largest absolute Gasteiger partial charge is 0.495 e. The van der Waals surface area contributed by atoms with Gasteiger partial charge in [0.05, 0.1) is 30.9 Å². The Morgan fingerprint density at radius 2 is 1.68 bits per heavy atom. The van der Waals surface area contributed by atoms with E-state index in [1.165, 1.54) is 0 Å². The summed E-state index contributed by atoms with van der Waals surface area (Å²) in [6.45, 7) is 14.2. The van der Waals surface area contributed by atoms with Gasteiger partial charge in [-0.25, -0.2) is 4.85 Å². The second-order valence-corrected chi connectivity index (χ2v) is 10.1. The van der Waals surface area contributed by atoms with Gasteiger partial charge in [0.15, 0.2) is 5.69 Å². The van der Waals surface area contributed by atoms with Crippen molar-refractivity contribution >= 4 is 22.3 Å². The van der Waals surface area contributed by atoms with Gasteiger partial charge in [0.25, 0.3) is 0 Å². The van der Waals surface area contributed by atoms with E-state index < -0.39 is 5.60 Å². The number of ether oxygens (including phenoxy) is 2. The molecule has 6 heteroatoms. The first-order chi connectivity index (χ1) is 17.8. The number of aromatic nitrogens is 1. The smallest absolute Gasteiger partial charge is 0.187 e. The van der Waals surface area contributed by atoms with Crippen molar-refractivity contribution in [3.63, 3.8) is 0 Å². The minimum Gasteiger partial charge on any atom is -0.495 e. The molecule has 4 aromatic rings. The Bertz CT molecular complexity index is 1450. The van der Waals surface area contributed by atoms with E-state index in [1.807, 2.05) is 55.6 Å². The van der Waals surface area contributed by atoms with Crippen LogP contribution in [0.15, 0.2) is 72.9 Å². The summed E-state index contributed by atoms with van der Waals surface area (Å²) < 4.78 is 11.9. The molecule has 2 heterocycles. The first kappa shape index (κ1) is 24.8. The summed E-state index contributed by atoms with van der Waals surface area (Å²) >= 11 is 0. The fourth-order valence-electron chi connectivity index (χ4n) is 4.98. The highest BCUT2D eigenvalue weighted by Crippen LogP contribution is 2.39. The molecule has 1 aromatic heterocycles. The molecular weight excluding hydrogens is 462 g/mol. The zero-order chi connectivity index (χ0) is 26.2. The quantitative estimate of drug-likeness (QED) is 0.322. The molecule has 188 valence electrons. The van der Waals surface area contributed by atoms with Crippen molar-refractivity contribution in [2.75, 3.05) is 25.1 Å². The van der Waals surface area contributed by atoms with Gasteiger partial charge >= 0.3 is 0 Å². The molecule has 3 aromatic carbocycles.